The smallest absolute Gasteiger partial charge is 0.307 e. The highest BCUT2D eigenvalue weighted by Gasteiger charge is 2.35. The fourth-order valence-electron chi connectivity index (χ4n) is 3.49. The van der Waals surface area contributed by atoms with Crippen molar-refractivity contribution >= 4 is 16.7 Å². The molecule has 3 rings (SSSR count). The maximum absolute atomic E-state index is 11.6. The zero-order valence-electron chi connectivity index (χ0n) is 11.6. The monoisotopic (exact) mass is 269 g/mol. The van der Waals surface area contributed by atoms with Crippen LogP contribution >= 0.6 is 0 Å². The first-order valence-corrected chi connectivity index (χ1v) is 7.22. The van der Waals surface area contributed by atoms with Crippen LogP contribution in [0.15, 0.2) is 36.7 Å². The average molecular weight is 269 g/mol. The molecule has 20 heavy (non-hydrogen) atoms. The lowest BCUT2D eigenvalue weighted by atomic mass is 9.71. The van der Waals surface area contributed by atoms with Gasteiger partial charge in [0.1, 0.15) is 0 Å². The Labute approximate surface area is 118 Å². The molecule has 3 unspecified atom stereocenters. The van der Waals surface area contributed by atoms with Crippen molar-refractivity contribution in [3.05, 3.63) is 42.2 Å². The summed E-state index contributed by atoms with van der Waals surface area (Å²) in [5.41, 5.74) is 1.17. The highest BCUT2D eigenvalue weighted by atomic mass is 16.4. The second-order valence-corrected chi connectivity index (χ2v) is 5.91. The van der Waals surface area contributed by atoms with Crippen molar-refractivity contribution in [2.75, 3.05) is 0 Å². The van der Waals surface area contributed by atoms with Gasteiger partial charge in [-0.3, -0.25) is 9.78 Å². The molecule has 1 fully saturated rings. The van der Waals surface area contributed by atoms with Gasteiger partial charge in [0.2, 0.25) is 0 Å². The second kappa shape index (κ2) is 5.23. The molecule has 0 aliphatic heterocycles. The molecule has 0 spiro atoms. The van der Waals surface area contributed by atoms with E-state index in [-0.39, 0.29) is 11.8 Å². The Bertz CT molecular complexity index is 632. The quantitative estimate of drug-likeness (QED) is 0.901. The van der Waals surface area contributed by atoms with Crippen LogP contribution in [0.3, 0.4) is 0 Å². The summed E-state index contributed by atoms with van der Waals surface area (Å²) >= 11 is 0. The summed E-state index contributed by atoms with van der Waals surface area (Å²) in [5, 5.41) is 11.8. The average Bonchev–Trinajstić information content (AvgIpc) is 2.46. The molecule has 3 atom stereocenters. The Morgan fingerprint density at radius 1 is 1.30 bits per heavy atom. The Kier molecular flexibility index (Phi) is 3.43. The minimum absolute atomic E-state index is 0.113. The molecule has 0 saturated heterocycles. The topological polar surface area (TPSA) is 50.2 Å². The summed E-state index contributed by atoms with van der Waals surface area (Å²) in [4.78, 5) is 15.7. The van der Waals surface area contributed by atoms with Crippen LogP contribution in [0.2, 0.25) is 0 Å². The third kappa shape index (κ3) is 2.28. The van der Waals surface area contributed by atoms with Crippen LogP contribution in [-0.4, -0.2) is 16.1 Å². The van der Waals surface area contributed by atoms with E-state index in [0.29, 0.717) is 5.92 Å². The molecule has 0 bridgehead atoms. The van der Waals surface area contributed by atoms with Crippen molar-refractivity contribution in [3.63, 3.8) is 0 Å². The largest absolute Gasteiger partial charge is 0.481 e. The zero-order chi connectivity index (χ0) is 14.1. The van der Waals surface area contributed by atoms with Crippen LogP contribution in [0, 0.1) is 11.8 Å². The fourth-order valence-corrected chi connectivity index (χ4v) is 3.49. The van der Waals surface area contributed by atoms with Crippen molar-refractivity contribution in [2.45, 2.75) is 32.1 Å². The number of aromatic nitrogens is 1. The highest BCUT2D eigenvalue weighted by molar-refractivity contribution is 5.86. The van der Waals surface area contributed by atoms with Gasteiger partial charge in [-0.2, -0.15) is 0 Å². The summed E-state index contributed by atoms with van der Waals surface area (Å²) < 4.78 is 0. The number of carboxylic acid groups (broad SMARTS) is 1. The highest BCUT2D eigenvalue weighted by Crippen LogP contribution is 2.42. The molecule has 104 valence electrons. The van der Waals surface area contributed by atoms with Crippen LogP contribution in [-0.2, 0) is 4.79 Å². The summed E-state index contributed by atoms with van der Waals surface area (Å²) in [6.07, 6.45) is 6.38. The van der Waals surface area contributed by atoms with Gasteiger partial charge in [-0.25, -0.2) is 0 Å². The van der Waals surface area contributed by atoms with Gasteiger partial charge >= 0.3 is 5.97 Å². The minimum Gasteiger partial charge on any atom is -0.481 e. The first-order valence-electron chi connectivity index (χ1n) is 7.22. The molecule has 0 radical (unpaired) electrons. The fraction of sp³-hybridized carbons (Fsp3) is 0.412. The van der Waals surface area contributed by atoms with E-state index in [1.165, 1.54) is 5.56 Å². The molecule has 1 aliphatic rings. The summed E-state index contributed by atoms with van der Waals surface area (Å²) in [7, 11) is 0. The Balaban J connectivity index is 2.09. The normalized spacial score (nSPS) is 26.6. The van der Waals surface area contributed by atoms with Gasteiger partial charge in [0.15, 0.2) is 0 Å². The number of carboxylic acids is 1. The van der Waals surface area contributed by atoms with Crippen LogP contribution in [0.25, 0.3) is 10.8 Å². The minimum atomic E-state index is -0.659. The molecule has 1 N–H and O–H groups in total. The Morgan fingerprint density at radius 2 is 2.15 bits per heavy atom. The number of pyridine rings is 1. The van der Waals surface area contributed by atoms with Crippen molar-refractivity contribution in [2.24, 2.45) is 11.8 Å². The number of carbonyl (C=O) groups is 1. The van der Waals surface area contributed by atoms with E-state index in [1.807, 2.05) is 24.4 Å². The van der Waals surface area contributed by atoms with E-state index in [2.05, 4.69) is 18.0 Å². The molecule has 1 aromatic heterocycles. The van der Waals surface area contributed by atoms with Crippen LogP contribution in [0.4, 0.5) is 0 Å². The first-order chi connectivity index (χ1) is 9.66. The number of rotatable bonds is 2. The van der Waals surface area contributed by atoms with Crippen LogP contribution in [0.5, 0.6) is 0 Å². The third-order valence-corrected chi connectivity index (χ3v) is 4.54. The first kappa shape index (κ1) is 13.1. The summed E-state index contributed by atoms with van der Waals surface area (Å²) in [6, 6.07) is 8.13. The van der Waals surface area contributed by atoms with E-state index in [1.54, 1.807) is 6.20 Å². The Hall–Kier alpha value is -1.90. The van der Waals surface area contributed by atoms with E-state index in [4.69, 9.17) is 0 Å². The molecule has 3 nitrogen and oxygen atoms in total. The van der Waals surface area contributed by atoms with Crippen molar-refractivity contribution < 1.29 is 9.90 Å². The van der Waals surface area contributed by atoms with E-state index in [0.717, 1.165) is 30.0 Å². The predicted molar refractivity (Wildman–Crippen MR) is 78.6 cm³/mol. The number of nitrogens with zero attached hydrogens (tertiary/aromatic N) is 1. The van der Waals surface area contributed by atoms with E-state index in [9.17, 15) is 9.90 Å². The van der Waals surface area contributed by atoms with Crippen LogP contribution < -0.4 is 0 Å². The number of hydrogen-bond donors (Lipinski definition) is 1. The molecular weight excluding hydrogens is 250 g/mol. The molecule has 0 amide bonds. The van der Waals surface area contributed by atoms with E-state index >= 15 is 0 Å². The summed E-state index contributed by atoms with van der Waals surface area (Å²) in [5.74, 6) is -0.215. The van der Waals surface area contributed by atoms with Gasteiger partial charge in [-0.15, -0.1) is 0 Å². The lowest BCUT2D eigenvalue weighted by Crippen LogP contribution is -2.28. The van der Waals surface area contributed by atoms with Crippen LogP contribution in [0.1, 0.15) is 37.7 Å². The maximum atomic E-state index is 11.6. The van der Waals surface area contributed by atoms with Gasteiger partial charge in [-0.1, -0.05) is 25.1 Å². The maximum Gasteiger partial charge on any atom is 0.307 e. The molecule has 1 heterocycles. The predicted octanol–water partition coefficient (Wildman–Crippen LogP) is 3.84. The lowest BCUT2D eigenvalue weighted by molar-refractivity contribution is -0.143. The molecule has 1 saturated carbocycles. The second-order valence-electron chi connectivity index (χ2n) is 5.91. The van der Waals surface area contributed by atoms with Gasteiger partial charge in [-0.05, 0) is 48.1 Å². The number of hydrogen-bond acceptors (Lipinski definition) is 2. The van der Waals surface area contributed by atoms with Crippen molar-refractivity contribution in [1.82, 2.24) is 4.98 Å². The zero-order valence-corrected chi connectivity index (χ0v) is 11.6. The van der Waals surface area contributed by atoms with Gasteiger partial charge in [0.05, 0.1) is 5.92 Å². The lowest BCUT2D eigenvalue weighted by Gasteiger charge is -2.33. The van der Waals surface area contributed by atoms with E-state index < -0.39 is 5.97 Å². The number of benzene rings is 1. The molecule has 2 aromatic rings. The van der Waals surface area contributed by atoms with Gasteiger partial charge in [0, 0.05) is 17.8 Å². The van der Waals surface area contributed by atoms with Gasteiger partial charge < -0.3 is 5.11 Å². The molecule has 3 heteroatoms. The van der Waals surface area contributed by atoms with Gasteiger partial charge in [0.25, 0.3) is 0 Å². The molecule has 1 aliphatic carbocycles. The number of fused-ring (bicyclic) bond motifs is 1. The SMILES string of the molecule is CC1CCC(C(=O)O)C(c2cccc3cnccc23)C1. The Morgan fingerprint density at radius 3 is 2.95 bits per heavy atom. The molecular formula is C17H19NO2. The number of aliphatic carboxylic acids is 1. The third-order valence-electron chi connectivity index (χ3n) is 4.54. The van der Waals surface area contributed by atoms with Crippen molar-refractivity contribution in [1.29, 1.82) is 0 Å². The van der Waals surface area contributed by atoms with Crippen molar-refractivity contribution in [3.8, 4) is 0 Å². The summed E-state index contributed by atoms with van der Waals surface area (Å²) in [6.45, 7) is 2.22. The standard InChI is InChI=1S/C17H19NO2/c1-11-5-6-15(17(19)20)16(9-11)14-4-2-3-12-10-18-8-7-13(12)14/h2-4,7-8,10-11,15-16H,5-6,9H2,1H3,(H,19,20). The molecule has 1 aromatic carbocycles.